The summed E-state index contributed by atoms with van der Waals surface area (Å²) < 4.78 is 44.9. The van der Waals surface area contributed by atoms with Crippen LogP contribution in [0.4, 0.5) is 25.1 Å². The molecule has 0 atom stereocenters. The zero-order chi connectivity index (χ0) is 25.0. The van der Waals surface area contributed by atoms with E-state index < -0.39 is 11.7 Å². The summed E-state index contributed by atoms with van der Waals surface area (Å²) in [6, 6.07) is 5.54. The lowest BCUT2D eigenvalue weighted by Crippen LogP contribution is -2.45. The van der Waals surface area contributed by atoms with Crippen LogP contribution >= 0.6 is 0 Å². The van der Waals surface area contributed by atoms with Crippen molar-refractivity contribution < 1.29 is 22.7 Å². The third-order valence-electron chi connectivity index (χ3n) is 6.48. The number of halogens is 3. The van der Waals surface area contributed by atoms with E-state index in [0.29, 0.717) is 37.8 Å². The van der Waals surface area contributed by atoms with E-state index in [0.717, 1.165) is 32.2 Å². The van der Waals surface area contributed by atoms with Crippen LogP contribution < -0.4 is 19.9 Å². The molecule has 0 spiro atoms. The summed E-state index contributed by atoms with van der Waals surface area (Å²) in [7, 11) is 3.59. The fourth-order valence-electron chi connectivity index (χ4n) is 4.34. The van der Waals surface area contributed by atoms with Gasteiger partial charge in [0.05, 0.1) is 12.7 Å². The Bertz CT molecular complexity index is 1020. The van der Waals surface area contributed by atoms with Crippen LogP contribution in [0.5, 0.6) is 6.01 Å². The molecule has 0 aliphatic carbocycles. The minimum Gasteiger partial charge on any atom is -0.467 e. The van der Waals surface area contributed by atoms with Gasteiger partial charge in [-0.3, -0.25) is 4.79 Å². The van der Waals surface area contributed by atoms with E-state index in [1.54, 1.807) is 0 Å². The number of piperidine rings is 1. The van der Waals surface area contributed by atoms with Gasteiger partial charge in [0, 0.05) is 51.7 Å². The average Bonchev–Trinajstić information content (AvgIpc) is 2.87. The molecule has 0 saturated carbocycles. The Morgan fingerprint density at radius 2 is 1.60 bits per heavy atom. The van der Waals surface area contributed by atoms with E-state index in [9.17, 15) is 18.0 Å². The van der Waals surface area contributed by atoms with Crippen molar-refractivity contribution in [3.05, 3.63) is 35.4 Å². The number of carbonyl (C=O) groups excluding carboxylic acids is 1. The lowest BCUT2D eigenvalue weighted by Gasteiger charge is -2.34. The number of ether oxygens (including phenoxy) is 1. The maximum atomic E-state index is 13.2. The Hall–Kier alpha value is -3.15. The molecule has 1 N–H and O–H groups in total. The maximum absolute atomic E-state index is 13.2. The lowest BCUT2D eigenvalue weighted by molar-refractivity contribution is -0.138. The van der Waals surface area contributed by atoms with E-state index in [2.05, 4.69) is 37.1 Å². The molecule has 190 valence electrons. The number of benzene rings is 1. The highest BCUT2D eigenvalue weighted by atomic mass is 19.4. The Morgan fingerprint density at radius 3 is 2.20 bits per heavy atom. The predicted octanol–water partition coefficient (Wildman–Crippen LogP) is 2.18. The summed E-state index contributed by atoms with van der Waals surface area (Å²) in [6.07, 6.45) is -3.36. The van der Waals surface area contributed by atoms with Gasteiger partial charge in [-0.25, -0.2) is 0 Å². The molecule has 2 saturated heterocycles. The Kier molecular flexibility index (Phi) is 7.58. The van der Waals surface area contributed by atoms with Crippen LogP contribution in [0.15, 0.2) is 24.3 Å². The van der Waals surface area contributed by atoms with Crippen molar-refractivity contribution in [2.24, 2.45) is 5.92 Å². The molecule has 2 aliphatic rings. The number of anilines is 2. The van der Waals surface area contributed by atoms with E-state index >= 15 is 0 Å². The Labute approximate surface area is 202 Å². The van der Waals surface area contributed by atoms with Gasteiger partial charge in [-0.15, -0.1) is 0 Å². The number of carbonyl (C=O) groups is 1. The summed E-state index contributed by atoms with van der Waals surface area (Å²) in [5, 5.41) is 2.68. The number of nitrogens with one attached hydrogen (secondary N) is 1. The molecular weight excluding hydrogens is 463 g/mol. The van der Waals surface area contributed by atoms with Gasteiger partial charge in [0.2, 0.25) is 17.8 Å². The van der Waals surface area contributed by atoms with Gasteiger partial charge in [-0.05, 0) is 31.5 Å². The fourth-order valence-corrected chi connectivity index (χ4v) is 4.34. The van der Waals surface area contributed by atoms with Crippen molar-refractivity contribution in [3.8, 4) is 6.01 Å². The summed E-state index contributed by atoms with van der Waals surface area (Å²) in [4.78, 5) is 32.5. The van der Waals surface area contributed by atoms with Gasteiger partial charge in [-0.1, -0.05) is 18.2 Å². The van der Waals surface area contributed by atoms with Crippen LogP contribution in [0.1, 0.15) is 24.0 Å². The first kappa shape index (κ1) is 25.0. The standard InChI is InChI=1S/C23H30F3N7O2/c1-31-11-13-33(14-12-31)21-28-20(29-22(30-21)35-2)32-9-7-16(8-10-32)19(34)27-15-17-5-3-4-6-18(17)23(24,25)26/h3-6,16H,7-15H2,1-2H3,(H,27,34). The van der Waals surface area contributed by atoms with Gasteiger partial charge in [0.1, 0.15) is 0 Å². The molecule has 0 bridgehead atoms. The zero-order valence-corrected chi connectivity index (χ0v) is 19.9. The largest absolute Gasteiger partial charge is 0.467 e. The van der Waals surface area contributed by atoms with Crippen LogP contribution in [-0.4, -0.2) is 79.2 Å². The van der Waals surface area contributed by atoms with E-state index in [1.165, 1.54) is 25.3 Å². The number of nitrogens with zero attached hydrogens (tertiary/aromatic N) is 6. The molecule has 2 fully saturated rings. The van der Waals surface area contributed by atoms with Gasteiger partial charge < -0.3 is 24.8 Å². The summed E-state index contributed by atoms with van der Waals surface area (Å²) in [6.45, 7) is 4.38. The number of amides is 1. The van der Waals surface area contributed by atoms with E-state index in [4.69, 9.17) is 4.74 Å². The molecule has 4 rings (SSSR count). The summed E-state index contributed by atoms with van der Waals surface area (Å²) in [5.74, 6) is 0.546. The highest BCUT2D eigenvalue weighted by Gasteiger charge is 2.33. The number of alkyl halides is 3. The van der Waals surface area contributed by atoms with Gasteiger partial charge in [-0.2, -0.15) is 28.1 Å². The maximum Gasteiger partial charge on any atom is 0.416 e. The third-order valence-corrected chi connectivity index (χ3v) is 6.48. The predicted molar refractivity (Wildman–Crippen MR) is 124 cm³/mol. The van der Waals surface area contributed by atoms with Crippen molar-refractivity contribution in [2.75, 3.05) is 63.2 Å². The highest BCUT2D eigenvalue weighted by molar-refractivity contribution is 5.79. The smallest absolute Gasteiger partial charge is 0.416 e. The van der Waals surface area contributed by atoms with Crippen molar-refractivity contribution in [2.45, 2.75) is 25.6 Å². The average molecular weight is 494 g/mol. The molecule has 0 radical (unpaired) electrons. The van der Waals surface area contributed by atoms with E-state index in [-0.39, 0.29) is 29.9 Å². The minimum absolute atomic E-state index is 0.0551. The molecule has 1 aromatic heterocycles. The number of rotatable bonds is 6. The molecule has 35 heavy (non-hydrogen) atoms. The molecule has 12 heteroatoms. The monoisotopic (exact) mass is 493 g/mol. The molecule has 2 aromatic rings. The summed E-state index contributed by atoms with van der Waals surface area (Å²) >= 11 is 0. The van der Waals surface area contributed by atoms with Crippen molar-refractivity contribution in [1.82, 2.24) is 25.2 Å². The van der Waals surface area contributed by atoms with Crippen molar-refractivity contribution >= 4 is 17.8 Å². The Balaban J connectivity index is 1.36. The molecule has 0 unspecified atom stereocenters. The van der Waals surface area contributed by atoms with Gasteiger partial charge in [0.25, 0.3) is 0 Å². The number of likely N-dealkylation sites (N-methyl/N-ethyl adjacent to an activating group) is 1. The quantitative estimate of drug-likeness (QED) is 0.656. The van der Waals surface area contributed by atoms with Crippen molar-refractivity contribution in [3.63, 3.8) is 0 Å². The van der Waals surface area contributed by atoms with Crippen molar-refractivity contribution in [1.29, 1.82) is 0 Å². The van der Waals surface area contributed by atoms with Crippen LogP contribution in [0.3, 0.4) is 0 Å². The molecule has 1 amide bonds. The first-order chi connectivity index (χ1) is 16.7. The number of hydrogen-bond acceptors (Lipinski definition) is 8. The minimum atomic E-state index is -4.46. The van der Waals surface area contributed by atoms with Crippen LogP contribution in [0.2, 0.25) is 0 Å². The highest BCUT2D eigenvalue weighted by Crippen LogP contribution is 2.32. The van der Waals surface area contributed by atoms with Crippen LogP contribution in [-0.2, 0) is 17.5 Å². The molecular formula is C23H30F3N7O2. The topological polar surface area (TPSA) is 86.7 Å². The third kappa shape index (κ3) is 6.11. The second-order valence-electron chi connectivity index (χ2n) is 8.85. The van der Waals surface area contributed by atoms with Gasteiger partial charge >= 0.3 is 12.2 Å². The first-order valence-electron chi connectivity index (χ1n) is 11.7. The fraction of sp³-hybridized carbons (Fsp3) is 0.565. The first-order valence-corrected chi connectivity index (χ1v) is 11.7. The number of piperazine rings is 1. The second kappa shape index (κ2) is 10.6. The van der Waals surface area contributed by atoms with Gasteiger partial charge in [0.15, 0.2) is 0 Å². The lowest BCUT2D eigenvalue weighted by atomic mass is 9.96. The number of aromatic nitrogens is 3. The molecule has 2 aliphatic heterocycles. The normalized spacial score (nSPS) is 18.0. The molecule has 3 heterocycles. The van der Waals surface area contributed by atoms with E-state index in [1.807, 2.05) is 4.90 Å². The number of methoxy groups -OCH3 is 1. The second-order valence-corrected chi connectivity index (χ2v) is 8.85. The molecule has 1 aromatic carbocycles. The summed E-state index contributed by atoms with van der Waals surface area (Å²) in [5.41, 5.74) is -0.672. The molecule has 9 nitrogen and oxygen atoms in total. The Morgan fingerprint density at radius 1 is 1.00 bits per heavy atom. The van der Waals surface area contributed by atoms with Crippen LogP contribution in [0, 0.1) is 5.92 Å². The SMILES string of the molecule is COc1nc(N2CCC(C(=O)NCc3ccccc3C(F)(F)F)CC2)nc(N2CCN(C)CC2)n1. The number of hydrogen-bond donors (Lipinski definition) is 1. The van der Waals surface area contributed by atoms with Crippen LogP contribution in [0.25, 0.3) is 0 Å². The zero-order valence-electron chi connectivity index (χ0n) is 19.9.